The molecule has 0 radical (unpaired) electrons. The summed E-state index contributed by atoms with van der Waals surface area (Å²) in [4.78, 5) is 30.4. The van der Waals surface area contributed by atoms with Gasteiger partial charge in [-0.25, -0.2) is 4.79 Å². The number of aryl methyl sites for hydroxylation is 1. The summed E-state index contributed by atoms with van der Waals surface area (Å²) in [5, 5.41) is 5.99. The van der Waals surface area contributed by atoms with Gasteiger partial charge in [0.1, 0.15) is 0 Å². The molecule has 2 N–H and O–H groups in total. The lowest BCUT2D eigenvalue weighted by atomic mass is 9.87. The lowest BCUT2D eigenvalue weighted by molar-refractivity contribution is -0.137. The zero-order chi connectivity index (χ0) is 30.7. The van der Waals surface area contributed by atoms with Crippen LogP contribution in [0.15, 0.2) is 60.7 Å². The summed E-state index contributed by atoms with van der Waals surface area (Å²) >= 11 is 0. The van der Waals surface area contributed by atoms with Gasteiger partial charge in [0, 0.05) is 49.5 Å². The molecule has 9 heteroatoms. The van der Waals surface area contributed by atoms with Crippen molar-refractivity contribution in [1.82, 2.24) is 15.5 Å². The number of nitrogens with zero attached hydrogens (tertiary/aromatic N) is 2. The molecule has 6 nitrogen and oxygen atoms in total. The van der Waals surface area contributed by atoms with Gasteiger partial charge >= 0.3 is 12.2 Å². The van der Waals surface area contributed by atoms with Gasteiger partial charge in [0.2, 0.25) is 0 Å². The Balaban J connectivity index is 1.63. The number of para-hydroxylation sites is 1. The van der Waals surface area contributed by atoms with Gasteiger partial charge in [-0.05, 0) is 93.1 Å². The van der Waals surface area contributed by atoms with Crippen molar-refractivity contribution in [2.75, 3.05) is 31.1 Å². The number of hydrogen-bond acceptors (Lipinski definition) is 3. The molecule has 0 spiro atoms. The third-order valence-corrected chi connectivity index (χ3v) is 7.43. The Kier molecular flexibility index (Phi) is 9.18. The second-order valence-corrected chi connectivity index (χ2v) is 11.7. The number of benzene rings is 3. The summed E-state index contributed by atoms with van der Waals surface area (Å²) in [7, 11) is 0. The monoisotopic (exact) mass is 580 g/mol. The maximum atomic E-state index is 13.5. The highest BCUT2D eigenvalue weighted by Gasteiger charge is 2.32. The minimum absolute atomic E-state index is 0.178. The Morgan fingerprint density at radius 2 is 1.71 bits per heavy atom. The number of carbonyl (C=O) groups is 2. The van der Waals surface area contributed by atoms with E-state index in [4.69, 9.17) is 0 Å². The third kappa shape index (κ3) is 7.24. The number of alkyl halides is 3. The molecule has 3 aromatic rings. The largest absolute Gasteiger partial charge is 0.416 e. The van der Waals surface area contributed by atoms with Crippen LogP contribution in [0.2, 0.25) is 0 Å². The lowest BCUT2D eigenvalue weighted by Crippen LogP contribution is -2.50. The van der Waals surface area contributed by atoms with E-state index in [1.54, 1.807) is 23.1 Å². The number of carbonyl (C=O) groups excluding carboxylic acids is 2. The highest BCUT2D eigenvalue weighted by molar-refractivity contribution is 5.97. The van der Waals surface area contributed by atoms with Crippen molar-refractivity contribution in [2.24, 2.45) is 0 Å². The van der Waals surface area contributed by atoms with Crippen LogP contribution in [0.4, 0.5) is 23.7 Å². The summed E-state index contributed by atoms with van der Waals surface area (Å²) in [6.07, 6.45) is -4.06. The van der Waals surface area contributed by atoms with Gasteiger partial charge in [-0.15, -0.1) is 0 Å². The number of likely N-dealkylation sites (N-methyl/N-ethyl adjacent to an activating group) is 1. The highest BCUT2D eigenvalue weighted by Crippen LogP contribution is 2.36. The fourth-order valence-electron chi connectivity index (χ4n) is 5.36. The van der Waals surface area contributed by atoms with Gasteiger partial charge in [-0.2, -0.15) is 13.2 Å². The predicted octanol–water partition coefficient (Wildman–Crippen LogP) is 6.80. The maximum Gasteiger partial charge on any atom is 0.416 e. The topological polar surface area (TPSA) is 64.7 Å². The summed E-state index contributed by atoms with van der Waals surface area (Å²) in [5.41, 5.74) is 4.02. The van der Waals surface area contributed by atoms with E-state index in [9.17, 15) is 22.8 Å². The Hall–Kier alpha value is -4.01. The van der Waals surface area contributed by atoms with Crippen molar-refractivity contribution in [2.45, 2.75) is 59.3 Å². The average Bonchev–Trinajstić information content (AvgIpc) is 2.93. The van der Waals surface area contributed by atoms with Crippen molar-refractivity contribution in [3.05, 3.63) is 88.5 Å². The number of nitrogens with one attached hydrogen (secondary N) is 2. The van der Waals surface area contributed by atoms with Crippen LogP contribution in [0, 0.1) is 6.92 Å². The SMILES string of the molecule is CCN(CCNC(=O)c1ccc(-c2cccc(C(F)(F)F)c2)c2c1CN(C(=O)NC(C)(C)C)CC2)c1ccccc1C. The molecule has 0 bridgehead atoms. The van der Waals surface area contributed by atoms with Gasteiger partial charge in [-0.3, -0.25) is 4.79 Å². The van der Waals surface area contributed by atoms with Crippen molar-refractivity contribution < 1.29 is 22.8 Å². The normalized spacial score (nSPS) is 13.4. The molecular formula is C33H39F3N4O2. The number of halogens is 3. The smallest absolute Gasteiger partial charge is 0.370 e. The van der Waals surface area contributed by atoms with Gasteiger partial charge in [0.15, 0.2) is 0 Å². The van der Waals surface area contributed by atoms with Crippen LogP contribution < -0.4 is 15.5 Å². The van der Waals surface area contributed by atoms with E-state index in [1.165, 1.54) is 6.07 Å². The van der Waals surface area contributed by atoms with Gasteiger partial charge < -0.3 is 20.4 Å². The fourth-order valence-corrected chi connectivity index (χ4v) is 5.36. The standard InChI is InChI=1S/C33H39F3N4O2/c1-6-39(29-13-8-7-10-22(29)2)19-17-37-30(41)27-15-14-25(23-11-9-12-24(20-23)33(34,35)36)26-16-18-40(21-28(26)27)31(42)38-32(3,4)5/h7-15,20H,6,16-19,21H2,1-5H3,(H,37,41)(H,38,42). The van der Waals surface area contributed by atoms with Crippen LogP contribution in [-0.2, 0) is 19.1 Å². The van der Waals surface area contributed by atoms with Crippen LogP contribution in [0.3, 0.4) is 0 Å². The van der Waals surface area contributed by atoms with Crippen molar-refractivity contribution in [3.8, 4) is 11.1 Å². The first kappa shape index (κ1) is 30.9. The van der Waals surface area contributed by atoms with E-state index in [2.05, 4.69) is 41.5 Å². The number of hydrogen-bond donors (Lipinski definition) is 2. The Morgan fingerprint density at radius 3 is 2.38 bits per heavy atom. The van der Waals surface area contributed by atoms with E-state index < -0.39 is 17.3 Å². The molecule has 0 fully saturated rings. The zero-order valence-corrected chi connectivity index (χ0v) is 24.9. The molecule has 0 saturated heterocycles. The second-order valence-electron chi connectivity index (χ2n) is 11.7. The molecule has 0 unspecified atom stereocenters. The number of fused-ring (bicyclic) bond motifs is 1. The van der Waals surface area contributed by atoms with E-state index in [1.807, 2.05) is 32.9 Å². The molecule has 0 saturated carbocycles. The Morgan fingerprint density at radius 1 is 0.976 bits per heavy atom. The van der Waals surface area contributed by atoms with Crippen LogP contribution in [-0.4, -0.2) is 48.6 Å². The van der Waals surface area contributed by atoms with Gasteiger partial charge in [0.25, 0.3) is 5.91 Å². The molecular weight excluding hydrogens is 541 g/mol. The van der Waals surface area contributed by atoms with Crippen molar-refractivity contribution >= 4 is 17.6 Å². The minimum atomic E-state index is -4.47. The van der Waals surface area contributed by atoms with Crippen LogP contribution in [0.1, 0.15) is 60.3 Å². The molecule has 3 amide bonds. The first-order valence-electron chi connectivity index (χ1n) is 14.3. The van der Waals surface area contributed by atoms with Gasteiger partial charge in [-0.1, -0.05) is 36.4 Å². The highest BCUT2D eigenvalue weighted by atomic mass is 19.4. The van der Waals surface area contributed by atoms with Crippen LogP contribution in [0.5, 0.6) is 0 Å². The molecule has 1 aliphatic heterocycles. The van der Waals surface area contributed by atoms with Crippen molar-refractivity contribution in [1.29, 1.82) is 0 Å². The molecule has 0 aromatic heterocycles. The fraction of sp³-hybridized carbons (Fsp3) is 0.394. The number of rotatable bonds is 7. The van der Waals surface area contributed by atoms with Crippen LogP contribution >= 0.6 is 0 Å². The molecule has 3 aromatic carbocycles. The molecule has 4 rings (SSSR count). The van der Waals surface area contributed by atoms with Gasteiger partial charge in [0.05, 0.1) is 5.56 Å². The van der Waals surface area contributed by atoms with E-state index in [0.717, 1.165) is 35.5 Å². The minimum Gasteiger partial charge on any atom is -0.370 e. The van der Waals surface area contributed by atoms with E-state index in [0.29, 0.717) is 48.3 Å². The zero-order valence-electron chi connectivity index (χ0n) is 24.9. The maximum absolute atomic E-state index is 13.5. The van der Waals surface area contributed by atoms with Crippen molar-refractivity contribution in [3.63, 3.8) is 0 Å². The number of amides is 3. The molecule has 1 heterocycles. The summed E-state index contributed by atoms with van der Waals surface area (Å²) in [6.45, 7) is 12.1. The summed E-state index contributed by atoms with van der Waals surface area (Å²) in [5.74, 6) is -0.277. The molecule has 0 aliphatic carbocycles. The summed E-state index contributed by atoms with van der Waals surface area (Å²) < 4.78 is 40.5. The third-order valence-electron chi connectivity index (χ3n) is 7.43. The summed E-state index contributed by atoms with van der Waals surface area (Å²) in [6, 6.07) is 16.4. The first-order valence-corrected chi connectivity index (χ1v) is 14.3. The molecule has 224 valence electrons. The number of urea groups is 1. The Labute approximate surface area is 245 Å². The molecule has 0 atom stereocenters. The first-order chi connectivity index (χ1) is 19.8. The molecule has 42 heavy (non-hydrogen) atoms. The lowest BCUT2D eigenvalue weighted by Gasteiger charge is -2.34. The van der Waals surface area contributed by atoms with Crippen LogP contribution in [0.25, 0.3) is 11.1 Å². The second kappa shape index (κ2) is 12.5. The Bertz CT molecular complexity index is 1450. The van der Waals surface area contributed by atoms with E-state index in [-0.39, 0.29) is 18.5 Å². The predicted molar refractivity (Wildman–Crippen MR) is 161 cm³/mol. The number of anilines is 1. The van der Waals surface area contributed by atoms with E-state index >= 15 is 0 Å². The quantitative estimate of drug-likeness (QED) is 0.323. The average molecular weight is 581 g/mol. The molecule has 1 aliphatic rings.